The Hall–Kier alpha value is -3.43. The number of thioether (sulfide) groups is 1. The number of hydrogen-bond acceptors (Lipinski definition) is 6. The van der Waals surface area contributed by atoms with Gasteiger partial charge in [-0.2, -0.15) is 0 Å². The molecule has 5 rings (SSSR count). The van der Waals surface area contributed by atoms with Crippen LogP contribution in [0, 0.1) is 0 Å². The number of rotatable bonds is 7. The number of anilines is 1. The fraction of sp³-hybridized carbons (Fsp3) is 0.200. The number of carboxylic acid groups (broad SMARTS) is 1. The molecule has 0 atom stereocenters. The van der Waals surface area contributed by atoms with E-state index in [0.29, 0.717) is 16.0 Å². The molecule has 172 valence electrons. The Balaban J connectivity index is 1.38. The van der Waals surface area contributed by atoms with Gasteiger partial charge in [-0.3, -0.25) is 9.36 Å². The molecule has 2 aromatic heterocycles. The van der Waals surface area contributed by atoms with Crippen molar-refractivity contribution >= 4 is 40.0 Å². The van der Waals surface area contributed by atoms with Crippen LogP contribution in [0.1, 0.15) is 33.6 Å². The number of carbonyl (C=O) groups excluding carboxylic acids is 1. The van der Waals surface area contributed by atoms with Crippen LogP contribution < -0.4 is 5.32 Å². The summed E-state index contributed by atoms with van der Waals surface area (Å²) in [6, 6.07) is 19.5. The molecule has 0 bridgehead atoms. The van der Waals surface area contributed by atoms with Crippen LogP contribution in [0.4, 0.5) is 5.00 Å². The zero-order valence-corrected chi connectivity index (χ0v) is 19.9. The van der Waals surface area contributed by atoms with E-state index in [1.807, 2.05) is 65.2 Å². The number of nitrogens with one attached hydrogen (secondary N) is 1. The molecule has 0 radical (unpaired) electrons. The highest BCUT2D eigenvalue weighted by atomic mass is 32.2. The Bertz CT molecular complexity index is 1330. The third-order valence-corrected chi connectivity index (χ3v) is 7.79. The monoisotopic (exact) mass is 490 g/mol. The summed E-state index contributed by atoms with van der Waals surface area (Å²) in [5.74, 6) is -0.482. The normalized spacial score (nSPS) is 12.8. The van der Waals surface area contributed by atoms with Gasteiger partial charge >= 0.3 is 5.97 Å². The molecule has 4 aromatic rings. The molecule has 0 fully saturated rings. The lowest BCUT2D eigenvalue weighted by Crippen LogP contribution is -2.16. The summed E-state index contributed by atoms with van der Waals surface area (Å²) < 4.78 is 1.93. The van der Waals surface area contributed by atoms with Gasteiger partial charge < -0.3 is 10.4 Å². The van der Waals surface area contributed by atoms with Crippen LogP contribution in [0.25, 0.3) is 17.1 Å². The maximum Gasteiger partial charge on any atom is 0.339 e. The molecule has 2 heterocycles. The van der Waals surface area contributed by atoms with Crippen molar-refractivity contribution < 1.29 is 14.7 Å². The first-order valence-corrected chi connectivity index (χ1v) is 12.8. The molecule has 0 unspecified atom stereocenters. The molecule has 0 saturated carbocycles. The van der Waals surface area contributed by atoms with E-state index in [9.17, 15) is 14.7 Å². The van der Waals surface area contributed by atoms with Crippen LogP contribution in [0.15, 0.2) is 65.8 Å². The number of nitrogens with zero attached hydrogens (tertiary/aromatic N) is 3. The van der Waals surface area contributed by atoms with Crippen LogP contribution in [-0.4, -0.2) is 37.5 Å². The van der Waals surface area contributed by atoms with Gasteiger partial charge in [-0.1, -0.05) is 60.3 Å². The fourth-order valence-corrected chi connectivity index (χ4v) is 6.17. The van der Waals surface area contributed by atoms with Gasteiger partial charge in [0.2, 0.25) is 5.91 Å². The summed E-state index contributed by atoms with van der Waals surface area (Å²) in [5.41, 5.74) is 2.94. The van der Waals surface area contributed by atoms with Crippen LogP contribution in [0.5, 0.6) is 0 Å². The highest BCUT2D eigenvalue weighted by Gasteiger charge is 2.26. The van der Waals surface area contributed by atoms with E-state index in [-0.39, 0.29) is 17.2 Å². The van der Waals surface area contributed by atoms with Crippen molar-refractivity contribution in [3.8, 4) is 17.1 Å². The number of carboxylic acids is 1. The van der Waals surface area contributed by atoms with Gasteiger partial charge in [0.1, 0.15) is 5.00 Å². The molecule has 2 N–H and O–H groups in total. The van der Waals surface area contributed by atoms with Crippen molar-refractivity contribution in [2.45, 2.75) is 30.8 Å². The minimum Gasteiger partial charge on any atom is -0.478 e. The highest BCUT2D eigenvalue weighted by molar-refractivity contribution is 7.99. The first kappa shape index (κ1) is 22.4. The number of aromatic nitrogens is 3. The Morgan fingerprint density at radius 2 is 1.71 bits per heavy atom. The number of fused-ring (bicyclic) bond motifs is 1. The van der Waals surface area contributed by atoms with Crippen LogP contribution in [0.3, 0.4) is 0 Å². The molecule has 2 aromatic carbocycles. The van der Waals surface area contributed by atoms with E-state index in [4.69, 9.17) is 0 Å². The van der Waals surface area contributed by atoms with E-state index < -0.39 is 5.97 Å². The predicted octanol–water partition coefficient (Wildman–Crippen LogP) is 5.30. The SMILES string of the molecule is O=C(CSc1nnc(-c2ccccc2)n1-c1ccccc1)Nc1sc2c(c1C(=O)O)CCCC2. The minimum atomic E-state index is -0.987. The molecular formula is C25H22N4O3S2. The van der Waals surface area contributed by atoms with Crippen molar-refractivity contribution in [3.63, 3.8) is 0 Å². The molecule has 1 aliphatic carbocycles. The molecule has 7 nitrogen and oxygen atoms in total. The number of thiophene rings is 1. The third kappa shape index (κ3) is 4.49. The molecular weight excluding hydrogens is 468 g/mol. The van der Waals surface area contributed by atoms with Gasteiger partial charge in [-0.15, -0.1) is 21.5 Å². The number of benzene rings is 2. The number of aryl methyl sites for hydroxylation is 1. The van der Waals surface area contributed by atoms with Crippen molar-refractivity contribution in [2.75, 3.05) is 11.1 Å². The summed E-state index contributed by atoms with van der Waals surface area (Å²) in [7, 11) is 0. The average molecular weight is 491 g/mol. The number of hydrogen-bond donors (Lipinski definition) is 2. The standard InChI is InChI=1S/C25H22N4O3S2/c30-20(26-23-21(24(31)32)18-13-7-8-14-19(18)34-23)15-33-25-28-27-22(16-9-3-1-4-10-16)29(25)17-11-5-2-6-12-17/h1-6,9-12H,7-8,13-15H2,(H,26,30)(H,31,32). The van der Waals surface area contributed by atoms with Gasteiger partial charge in [0.25, 0.3) is 0 Å². The first-order chi connectivity index (χ1) is 16.6. The summed E-state index contributed by atoms with van der Waals surface area (Å²) in [6.07, 6.45) is 3.65. The minimum absolute atomic E-state index is 0.0847. The van der Waals surface area contributed by atoms with E-state index in [2.05, 4.69) is 15.5 Å². The lowest BCUT2D eigenvalue weighted by molar-refractivity contribution is -0.113. The summed E-state index contributed by atoms with van der Waals surface area (Å²) >= 11 is 2.65. The largest absolute Gasteiger partial charge is 0.478 e. The molecule has 9 heteroatoms. The first-order valence-electron chi connectivity index (χ1n) is 11.0. The van der Waals surface area contributed by atoms with E-state index >= 15 is 0 Å². The number of para-hydroxylation sites is 1. The van der Waals surface area contributed by atoms with Gasteiger partial charge in [-0.25, -0.2) is 4.79 Å². The van der Waals surface area contributed by atoms with Gasteiger partial charge in [0.05, 0.1) is 11.3 Å². The van der Waals surface area contributed by atoms with Gasteiger partial charge in [0.15, 0.2) is 11.0 Å². The lowest BCUT2D eigenvalue weighted by atomic mass is 9.95. The van der Waals surface area contributed by atoms with Crippen LogP contribution in [-0.2, 0) is 17.6 Å². The number of aromatic carboxylic acids is 1. The summed E-state index contributed by atoms with van der Waals surface area (Å²) in [4.78, 5) is 25.8. The summed E-state index contributed by atoms with van der Waals surface area (Å²) in [6.45, 7) is 0. The van der Waals surface area contributed by atoms with Crippen LogP contribution >= 0.6 is 23.1 Å². The predicted molar refractivity (Wildman–Crippen MR) is 134 cm³/mol. The van der Waals surface area contributed by atoms with Crippen molar-refractivity contribution in [1.29, 1.82) is 0 Å². The second-order valence-corrected chi connectivity index (χ2v) is 9.95. The Morgan fingerprint density at radius 3 is 2.44 bits per heavy atom. The van der Waals surface area contributed by atoms with E-state index in [1.165, 1.54) is 23.1 Å². The topological polar surface area (TPSA) is 97.1 Å². The molecule has 1 aliphatic rings. The quantitative estimate of drug-likeness (QED) is 0.341. The van der Waals surface area contributed by atoms with Crippen molar-refractivity contribution in [2.24, 2.45) is 0 Å². The Kier molecular flexibility index (Phi) is 6.46. The molecule has 0 aliphatic heterocycles. The smallest absolute Gasteiger partial charge is 0.339 e. The molecule has 0 saturated heterocycles. The second-order valence-electron chi connectivity index (χ2n) is 7.90. The third-order valence-electron chi connectivity index (χ3n) is 5.65. The maximum atomic E-state index is 12.8. The zero-order chi connectivity index (χ0) is 23.5. The Morgan fingerprint density at radius 1 is 1.00 bits per heavy atom. The summed E-state index contributed by atoms with van der Waals surface area (Å²) in [5, 5.41) is 22.3. The number of amides is 1. The molecule has 34 heavy (non-hydrogen) atoms. The average Bonchev–Trinajstić information content (AvgIpc) is 3.45. The van der Waals surface area contributed by atoms with Gasteiger partial charge in [-0.05, 0) is 43.4 Å². The van der Waals surface area contributed by atoms with Crippen molar-refractivity contribution in [1.82, 2.24) is 14.8 Å². The van der Waals surface area contributed by atoms with Gasteiger partial charge in [0, 0.05) is 16.1 Å². The lowest BCUT2D eigenvalue weighted by Gasteiger charge is -2.11. The molecule has 1 amide bonds. The zero-order valence-electron chi connectivity index (χ0n) is 18.2. The van der Waals surface area contributed by atoms with Crippen molar-refractivity contribution in [3.05, 3.63) is 76.7 Å². The second kappa shape index (κ2) is 9.82. The maximum absolute atomic E-state index is 12.8. The highest BCUT2D eigenvalue weighted by Crippen LogP contribution is 2.38. The molecule has 0 spiro atoms. The van der Waals surface area contributed by atoms with Crippen LogP contribution in [0.2, 0.25) is 0 Å². The number of carbonyl (C=O) groups is 2. The van der Waals surface area contributed by atoms with E-state index in [1.54, 1.807) is 0 Å². The Labute approximate surface area is 204 Å². The fourth-order valence-electron chi connectivity index (χ4n) is 4.12. The van der Waals surface area contributed by atoms with E-state index in [0.717, 1.165) is 47.4 Å².